The summed E-state index contributed by atoms with van der Waals surface area (Å²) < 4.78 is 5.37. The molecule has 0 aliphatic carbocycles. The molecule has 0 aliphatic heterocycles. The highest BCUT2D eigenvalue weighted by molar-refractivity contribution is 5.99. The molecule has 0 spiro atoms. The molecule has 0 heterocycles. The zero-order chi connectivity index (χ0) is 19.5. The average Bonchev–Trinajstić information content (AvgIpc) is 2.61. The normalized spacial score (nSPS) is 11.7. The molecule has 138 valence electrons. The Balaban J connectivity index is 2.23. The zero-order valence-electron chi connectivity index (χ0n) is 15.8. The van der Waals surface area contributed by atoms with Gasteiger partial charge in [0.2, 0.25) is 5.91 Å². The number of amides is 1. The lowest BCUT2D eigenvalue weighted by Crippen LogP contribution is -2.35. The van der Waals surface area contributed by atoms with Gasteiger partial charge in [0.15, 0.2) is 0 Å². The van der Waals surface area contributed by atoms with Gasteiger partial charge in [-0.25, -0.2) is 0 Å². The molecule has 0 unspecified atom stereocenters. The topological polar surface area (TPSA) is 75.6 Å². The van der Waals surface area contributed by atoms with E-state index >= 15 is 0 Å². The first kappa shape index (κ1) is 19.5. The second kappa shape index (κ2) is 7.20. The highest BCUT2D eigenvalue weighted by atomic mass is 16.5. The highest BCUT2D eigenvalue weighted by Gasteiger charge is 2.33. The molecule has 5 nitrogen and oxygen atoms in total. The summed E-state index contributed by atoms with van der Waals surface area (Å²) in [4.78, 5) is 24.2. The van der Waals surface area contributed by atoms with E-state index in [0.717, 1.165) is 5.56 Å². The Hall–Kier alpha value is -2.82. The summed E-state index contributed by atoms with van der Waals surface area (Å²) in [6.45, 7) is 6.96. The third-order valence-corrected chi connectivity index (χ3v) is 4.75. The molecule has 2 aromatic rings. The molecule has 0 saturated carbocycles. The van der Waals surface area contributed by atoms with Crippen molar-refractivity contribution in [2.75, 3.05) is 12.4 Å². The Morgan fingerprint density at radius 3 is 2.04 bits per heavy atom. The summed E-state index contributed by atoms with van der Waals surface area (Å²) in [6, 6.07) is 14.3. The van der Waals surface area contributed by atoms with Crippen LogP contribution in [0, 0.1) is 0 Å². The van der Waals surface area contributed by atoms with Crippen LogP contribution in [0.25, 0.3) is 0 Å². The Kier molecular flexibility index (Phi) is 5.40. The maximum absolute atomic E-state index is 12.8. The van der Waals surface area contributed by atoms with Crippen molar-refractivity contribution in [1.29, 1.82) is 0 Å². The van der Waals surface area contributed by atoms with Crippen molar-refractivity contribution in [3.05, 3.63) is 59.7 Å². The molecule has 0 bridgehead atoms. The van der Waals surface area contributed by atoms with Gasteiger partial charge < -0.3 is 15.2 Å². The van der Waals surface area contributed by atoms with Crippen molar-refractivity contribution >= 4 is 17.6 Å². The molecule has 2 rings (SSSR count). The molecular weight excluding hydrogens is 330 g/mol. The van der Waals surface area contributed by atoms with Gasteiger partial charge in [0, 0.05) is 11.3 Å². The number of rotatable bonds is 6. The first-order valence-corrected chi connectivity index (χ1v) is 8.39. The number of carboxylic acid groups (broad SMARTS) is 1. The Morgan fingerprint density at radius 1 is 0.923 bits per heavy atom. The van der Waals surface area contributed by atoms with E-state index in [0.29, 0.717) is 17.0 Å². The van der Waals surface area contributed by atoms with Gasteiger partial charge in [-0.05, 0) is 51.5 Å². The Labute approximate surface area is 154 Å². The molecular formula is C21H25NO4. The van der Waals surface area contributed by atoms with Crippen LogP contribution in [0.15, 0.2) is 48.5 Å². The van der Waals surface area contributed by atoms with E-state index in [4.69, 9.17) is 4.74 Å². The zero-order valence-corrected chi connectivity index (χ0v) is 15.8. The molecule has 0 saturated heterocycles. The van der Waals surface area contributed by atoms with E-state index in [2.05, 4.69) is 5.32 Å². The number of ether oxygens (including phenoxy) is 1. The molecule has 2 N–H and O–H groups in total. The second-order valence-electron chi connectivity index (χ2n) is 7.29. The predicted octanol–water partition coefficient (Wildman–Crippen LogP) is 3.97. The van der Waals surface area contributed by atoms with Crippen LogP contribution in [0.1, 0.15) is 38.8 Å². The smallest absolute Gasteiger partial charge is 0.313 e. The van der Waals surface area contributed by atoms with Gasteiger partial charge in [0.25, 0.3) is 0 Å². The molecule has 1 amide bonds. The van der Waals surface area contributed by atoms with E-state index in [9.17, 15) is 14.7 Å². The fraction of sp³-hybridized carbons (Fsp3) is 0.333. The largest absolute Gasteiger partial charge is 0.496 e. The number of anilines is 1. The molecule has 0 aromatic heterocycles. The molecule has 2 aromatic carbocycles. The van der Waals surface area contributed by atoms with E-state index < -0.39 is 16.8 Å². The van der Waals surface area contributed by atoms with Crippen molar-refractivity contribution in [3.8, 4) is 5.75 Å². The maximum atomic E-state index is 12.8. The van der Waals surface area contributed by atoms with E-state index in [1.165, 1.54) is 0 Å². The quantitative estimate of drug-likeness (QED) is 0.822. The van der Waals surface area contributed by atoms with Gasteiger partial charge in [-0.3, -0.25) is 9.59 Å². The van der Waals surface area contributed by atoms with Crippen molar-refractivity contribution in [3.63, 3.8) is 0 Å². The fourth-order valence-electron chi connectivity index (χ4n) is 2.66. The van der Waals surface area contributed by atoms with E-state index in [1.807, 2.05) is 38.1 Å². The monoisotopic (exact) mass is 355 g/mol. The standard InChI is InChI=1S/C21H25NO4/c1-20(2,19(24)25)14-10-12-15(13-11-14)22-18(23)21(3,4)16-8-6-7-9-17(16)26-5/h6-13H,1-5H3,(H,22,23)(H,24,25). The fourth-order valence-corrected chi connectivity index (χ4v) is 2.66. The SMILES string of the molecule is COc1ccccc1C(C)(C)C(=O)Nc1ccc(C(C)(C)C(=O)O)cc1. The van der Waals surface area contributed by atoms with Gasteiger partial charge in [0.05, 0.1) is 17.9 Å². The minimum absolute atomic E-state index is 0.174. The van der Waals surface area contributed by atoms with Gasteiger partial charge in [-0.15, -0.1) is 0 Å². The summed E-state index contributed by atoms with van der Waals surface area (Å²) in [5.41, 5.74) is 0.295. The number of methoxy groups -OCH3 is 1. The van der Waals surface area contributed by atoms with Crippen LogP contribution in [0.5, 0.6) is 5.75 Å². The number of hydrogen-bond acceptors (Lipinski definition) is 3. The Morgan fingerprint density at radius 2 is 1.50 bits per heavy atom. The minimum Gasteiger partial charge on any atom is -0.496 e. The number of hydrogen-bond donors (Lipinski definition) is 2. The lowest BCUT2D eigenvalue weighted by molar-refractivity contribution is -0.142. The number of benzene rings is 2. The van der Waals surface area contributed by atoms with E-state index in [-0.39, 0.29) is 5.91 Å². The van der Waals surface area contributed by atoms with Crippen LogP contribution in [-0.4, -0.2) is 24.1 Å². The Bertz CT molecular complexity index is 807. The molecule has 26 heavy (non-hydrogen) atoms. The first-order chi connectivity index (χ1) is 12.1. The third kappa shape index (κ3) is 3.72. The van der Waals surface area contributed by atoms with Crippen molar-refractivity contribution < 1.29 is 19.4 Å². The molecule has 0 atom stereocenters. The lowest BCUT2D eigenvalue weighted by Gasteiger charge is -2.26. The number of carboxylic acids is 1. The molecule has 5 heteroatoms. The maximum Gasteiger partial charge on any atom is 0.313 e. The van der Waals surface area contributed by atoms with Crippen LogP contribution in [-0.2, 0) is 20.4 Å². The van der Waals surface area contributed by atoms with Crippen LogP contribution >= 0.6 is 0 Å². The van der Waals surface area contributed by atoms with Crippen LogP contribution in [0.2, 0.25) is 0 Å². The van der Waals surface area contributed by atoms with Crippen molar-refractivity contribution in [2.24, 2.45) is 0 Å². The minimum atomic E-state index is -0.987. The summed E-state index contributed by atoms with van der Waals surface area (Å²) in [5.74, 6) is -0.412. The number of nitrogens with one attached hydrogen (secondary N) is 1. The van der Waals surface area contributed by atoms with E-state index in [1.54, 1.807) is 45.2 Å². The summed E-state index contributed by atoms with van der Waals surface area (Å²) in [5, 5.41) is 12.2. The van der Waals surface area contributed by atoms with Crippen molar-refractivity contribution in [2.45, 2.75) is 38.5 Å². The van der Waals surface area contributed by atoms with Gasteiger partial charge >= 0.3 is 5.97 Å². The van der Waals surface area contributed by atoms with Gasteiger partial charge in [0.1, 0.15) is 5.75 Å². The number of aliphatic carboxylic acids is 1. The third-order valence-electron chi connectivity index (χ3n) is 4.75. The number of carbonyl (C=O) groups is 2. The predicted molar refractivity (Wildman–Crippen MR) is 102 cm³/mol. The highest BCUT2D eigenvalue weighted by Crippen LogP contribution is 2.33. The summed E-state index contributed by atoms with van der Waals surface area (Å²) in [7, 11) is 1.58. The summed E-state index contributed by atoms with van der Waals surface area (Å²) >= 11 is 0. The lowest BCUT2D eigenvalue weighted by atomic mass is 9.82. The average molecular weight is 355 g/mol. The number of para-hydroxylation sites is 1. The van der Waals surface area contributed by atoms with Gasteiger partial charge in [-0.1, -0.05) is 30.3 Å². The summed E-state index contributed by atoms with van der Waals surface area (Å²) in [6.07, 6.45) is 0. The molecule has 0 radical (unpaired) electrons. The second-order valence-corrected chi connectivity index (χ2v) is 7.29. The van der Waals surface area contributed by atoms with Crippen LogP contribution in [0.3, 0.4) is 0 Å². The van der Waals surface area contributed by atoms with Crippen LogP contribution < -0.4 is 10.1 Å². The number of carbonyl (C=O) groups excluding carboxylic acids is 1. The van der Waals surface area contributed by atoms with Crippen molar-refractivity contribution in [1.82, 2.24) is 0 Å². The molecule has 0 aliphatic rings. The van der Waals surface area contributed by atoms with Gasteiger partial charge in [-0.2, -0.15) is 0 Å². The van der Waals surface area contributed by atoms with Crippen LogP contribution in [0.4, 0.5) is 5.69 Å². The molecule has 0 fully saturated rings. The first-order valence-electron chi connectivity index (χ1n) is 8.39.